The van der Waals surface area contributed by atoms with E-state index in [0.29, 0.717) is 11.3 Å². The van der Waals surface area contributed by atoms with Crippen LogP contribution in [0.4, 0.5) is 11.4 Å². The van der Waals surface area contributed by atoms with Gasteiger partial charge in [-0.15, -0.1) is 0 Å². The van der Waals surface area contributed by atoms with E-state index in [1.54, 1.807) is 18.2 Å². The Bertz CT molecular complexity index is 656. The van der Waals surface area contributed by atoms with Gasteiger partial charge in [-0.3, -0.25) is 10.1 Å². The monoisotopic (exact) mass is 288 g/mol. The second-order valence-corrected chi connectivity index (χ2v) is 4.71. The number of nitro groups is 1. The van der Waals surface area contributed by atoms with Crippen LogP contribution in [0.25, 0.3) is 0 Å². The van der Waals surface area contributed by atoms with E-state index in [2.05, 4.69) is 0 Å². The molecule has 2 aromatic carbocycles. The lowest BCUT2D eigenvalue weighted by Gasteiger charge is -2.14. The summed E-state index contributed by atoms with van der Waals surface area (Å²) in [6.07, 6.45) is 0. The van der Waals surface area contributed by atoms with Crippen molar-refractivity contribution in [3.05, 3.63) is 58.1 Å². The van der Waals surface area contributed by atoms with Crippen molar-refractivity contribution in [3.63, 3.8) is 0 Å². The van der Waals surface area contributed by atoms with Gasteiger partial charge in [0.15, 0.2) is 0 Å². The van der Waals surface area contributed by atoms with Gasteiger partial charge in [0, 0.05) is 31.9 Å². The van der Waals surface area contributed by atoms with Gasteiger partial charge < -0.3 is 14.7 Å². The fourth-order valence-electron chi connectivity index (χ4n) is 1.84. The van der Waals surface area contributed by atoms with E-state index in [1.165, 1.54) is 12.1 Å². The summed E-state index contributed by atoms with van der Waals surface area (Å²) in [4.78, 5) is 12.5. The molecule has 110 valence electrons. The van der Waals surface area contributed by atoms with Gasteiger partial charge >= 0.3 is 5.69 Å². The van der Waals surface area contributed by atoms with Crippen LogP contribution in [0.3, 0.4) is 0 Å². The van der Waals surface area contributed by atoms with E-state index in [9.17, 15) is 10.1 Å². The van der Waals surface area contributed by atoms with Crippen LogP contribution in [0.15, 0.2) is 42.5 Å². The zero-order chi connectivity index (χ0) is 15.4. The van der Waals surface area contributed by atoms with Gasteiger partial charge in [-0.25, -0.2) is 0 Å². The zero-order valence-corrected chi connectivity index (χ0v) is 11.8. The van der Waals surface area contributed by atoms with Crippen LogP contribution >= 0.6 is 0 Å². The number of hydrogen-bond acceptors (Lipinski definition) is 5. The molecule has 0 heterocycles. The number of hydrogen-bond donors (Lipinski definition) is 1. The first-order chi connectivity index (χ1) is 10.0. The number of aliphatic hydroxyl groups excluding tert-OH is 1. The smallest absolute Gasteiger partial charge is 0.311 e. The summed E-state index contributed by atoms with van der Waals surface area (Å²) in [5, 5.41) is 20.1. The first-order valence-electron chi connectivity index (χ1n) is 6.34. The normalized spacial score (nSPS) is 10.2. The van der Waals surface area contributed by atoms with E-state index >= 15 is 0 Å². The first-order valence-corrected chi connectivity index (χ1v) is 6.34. The van der Waals surface area contributed by atoms with Crippen molar-refractivity contribution in [1.82, 2.24) is 0 Å². The lowest BCUT2D eigenvalue weighted by Crippen LogP contribution is -2.08. The summed E-state index contributed by atoms with van der Waals surface area (Å²) in [6, 6.07) is 11.7. The highest BCUT2D eigenvalue weighted by atomic mass is 16.6. The Labute approximate surface area is 122 Å². The summed E-state index contributed by atoms with van der Waals surface area (Å²) < 4.78 is 5.61. The van der Waals surface area contributed by atoms with Crippen molar-refractivity contribution >= 4 is 11.4 Å². The van der Waals surface area contributed by atoms with Gasteiger partial charge in [-0.1, -0.05) is 12.1 Å². The average Bonchev–Trinajstić information content (AvgIpc) is 2.47. The molecular weight excluding hydrogens is 272 g/mol. The number of nitro benzene ring substituents is 1. The Morgan fingerprint density at radius 2 is 2.00 bits per heavy atom. The predicted molar refractivity (Wildman–Crippen MR) is 79.9 cm³/mol. The lowest BCUT2D eigenvalue weighted by molar-refractivity contribution is -0.385. The Morgan fingerprint density at radius 3 is 2.62 bits per heavy atom. The maximum absolute atomic E-state index is 11.1. The minimum absolute atomic E-state index is 0.146. The summed E-state index contributed by atoms with van der Waals surface area (Å²) in [7, 11) is 3.80. The number of benzene rings is 2. The number of aliphatic hydroxyl groups is 1. The van der Waals surface area contributed by atoms with Gasteiger partial charge in [0.1, 0.15) is 5.75 Å². The minimum Gasteiger partial charge on any atom is -0.450 e. The third kappa shape index (κ3) is 3.49. The van der Waals surface area contributed by atoms with Crippen LogP contribution in [0.5, 0.6) is 11.5 Å². The molecule has 0 amide bonds. The van der Waals surface area contributed by atoms with Crippen molar-refractivity contribution in [1.29, 1.82) is 0 Å². The maximum Gasteiger partial charge on any atom is 0.311 e. The minimum atomic E-state index is -0.524. The third-order valence-electron chi connectivity index (χ3n) is 2.96. The molecule has 0 aliphatic heterocycles. The molecular formula is C15H16N2O4. The van der Waals surface area contributed by atoms with Crippen molar-refractivity contribution in [2.75, 3.05) is 19.0 Å². The molecule has 2 aromatic rings. The van der Waals surface area contributed by atoms with Crippen LogP contribution in [-0.4, -0.2) is 24.1 Å². The van der Waals surface area contributed by atoms with E-state index in [0.717, 1.165) is 5.69 Å². The maximum atomic E-state index is 11.1. The lowest BCUT2D eigenvalue weighted by atomic mass is 10.2. The molecule has 0 fully saturated rings. The van der Waals surface area contributed by atoms with Crippen LogP contribution in [-0.2, 0) is 6.61 Å². The van der Waals surface area contributed by atoms with E-state index in [-0.39, 0.29) is 18.0 Å². The van der Waals surface area contributed by atoms with Crippen molar-refractivity contribution in [2.45, 2.75) is 6.61 Å². The molecule has 21 heavy (non-hydrogen) atoms. The molecule has 1 N–H and O–H groups in total. The van der Waals surface area contributed by atoms with E-state index in [4.69, 9.17) is 9.84 Å². The summed E-state index contributed by atoms with van der Waals surface area (Å²) in [5.41, 5.74) is 1.23. The molecule has 0 atom stereocenters. The van der Waals surface area contributed by atoms with Gasteiger partial charge in [0.05, 0.1) is 11.5 Å². The first kappa shape index (κ1) is 14.8. The Hall–Kier alpha value is -2.60. The van der Waals surface area contributed by atoms with Crippen molar-refractivity contribution < 1.29 is 14.8 Å². The number of rotatable bonds is 5. The second-order valence-electron chi connectivity index (χ2n) is 4.71. The molecule has 0 aromatic heterocycles. The molecule has 0 spiro atoms. The topological polar surface area (TPSA) is 75.8 Å². The standard InChI is InChI=1S/C15H16N2O4/c1-16(2)12-4-3-5-13(9-12)21-15-7-6-11(10-18)8-14(15)17(19)20/h3-9,18H,10H2,1-2H3. The SMILES string of the molecule is CN(C)c1cccc(Oc2ccc(CO)cc2[N+](=O)[O-])c1. The third-order valence-corrected chi connectivity index (χ3v) is 2.96. The predicted octanol–water partition coefficient (Wildman–Crippen LogP) is 2.95. The second kappa shape index (κ2) is 6.23. The van der Waals surface area contributed by atoms with Crippen LogP contribution in [0.2, 0.25) is 0 Å². The van der Waals surface area contributed by atoms with Crippen molar-refractivity contribution in [3.8, 4) is 11.5 Å². The Balaban J connectivity index is 2.35. The Kier molecular flexibility index (Phi) is 4.39. The molecule has 6 heteroatoms. The molecule has 0 unspecified atom stereocenters. The van der Waals surface area contributed by atoms with Gasteiger partial charge in [0.25, 0.3) is 0 Å². The summed E-state index contributed by atoms with van der Waals surface area (Å²) in [5.74, 6) is 0.661. The quantitative estimate of drug-likeness (QED) is 0.676. The number of ether oxygens (including phenoxy) is 1. The Morgan fingerprint density at radius 1 is 1.24 bits per heavy atom. The molecule has 0 aliphatic carbocycles. The average molecular weight is 288 g/mol. The highest BCUT2D eigenvalue weighted by molar-refractivity contribution is 5.54. The molecule has 0 bridgehead atoms. The molecule has 0 saturated carbocycles. The summed E-state index contributed by atoms with van der Waals surface area (Å²) in [6.45, 7) is -0.253. The molecule has 0 aliphatic rings. The molecule has 2 rings (SSSR count). The zero-order valence-electron chi connectivity index (χ0n) is 11.8. The number of nitrogens with zero attached hydrogens (tertiary/aromatic N) is 2. The highest BCUT2D eigenvalue weighted by Crippen LogP contribution is 2.33. The van der Waals surface area contributed by atoms with E-state index < -0.39 is 4.92 Å². The van der Waals surface area contributed by atoms with Crippen LogP contribution < -0.4 is 9.64 Å². The van der Waals surface area contributed by atoms with Crippen LogP contribution in [0, 0.1) is 10.1 Å². The van der Waals surface area contributed by atoms with E-state index in [1.807, 2.05) is 31.1 Å². The fourth-order valence-corrected chi connectivity index (χ4v) is 1.84. The van der Waals surface area contributed by atoms with Crippen molar-refractivity contribution in [2.24, 2.45) is 0 Å². The number of anilines is 1. The van der Waals surface area contributed by atoms with Crippen LogP contribution in [0.1, 0.15) is 5.56 Å². The highest BCUT2D eigenvalue weighted by Gasteiger charge is 2.16. The fraction of sp³-hybridized carbons (Fsp3) is 0.200. The largest absolute Gasteiger partial charge is 0.450 e. The van der Waals surface area contributed by atoms with Gasteiger partial charge in [-0.05, 0) is 23.8 Å². The van der Waals surface area contributed by atoms with Gasteiger partial charge in [0.2, 0.25) is 5.75 Å². The summed E-state index contributed by atoms with van der Waals surface area (Å²) >= 11 is 0. The molecule has 0 radical (unpaired) electrons. The van der Waals surface area contributed by atoms with Gasteiger partial charge in [-0.2, -0.15) is 0 Å². The molecule has 6 nitrogen and oxygen atoms in total. The molecule has 0 saturated heterocycles.